The molecule has 4 atom stereocenters. The highest BCUT2D eigenvalue weighted by atomic mass is 16.5. The van der Waals surface area contributed by atoms with Gasteiger partial charge in [-0.25, -0.2) is 0 Å². The van der Waals surface area contributed by atoms with Gasteiger partial charge in [-0.15, -0.1) is 0 Å². The fourth-order valence-corrected chi connectivity index (χ4v) is 10.1. The summed E-state index contributed by atoms with van der Waals surface area (Å²) in [5.41, 5.74) is 12.0. The summed E-state index contributed by atoms with van der Waals surface area (Å²) in [6, 6.07) is 50.2. The van der Waals surface area contributed by atoms with E-state index in [2.05, 4.69) is 215 Å². The summed E-state index contributed by atoms with van der Waals surface area (Å²) < 4.78 is 11.8. The van der Waals surface area contributed by atoms with Crippen LogP contribution in [0, 0.1) is 29.6 Å². The zero-order valence-electron chi connectivity index (χ0n) is 55.7. The molecular formula is C78H120O3. The molecular weight excluding hydrogens is 985 g/mol. The fraction of sp³-hybridized carbons (Fsp3) is 0.538. The third kappa shape index (κ3) is 29.5. The molecule has 0 heterocycles. The molecule has 0 saturated heterocycles. The van der Waals surface area contributed by atoms with Crippen molar-refractivity contribution in [1.82, 2.24) is 0 Å². The Hall–Kier alpha value is -5.28. The number of aromatic hydroxyl groups is 1. The Kier molecular flexibility index (Phi) is 38.7. The van der Waals surface area contributed by atoms with Crippen molar-refractivity contribution in [2.24, 2.45) is 29.6 Å². The van der Waals surface area contributed by atoms with Crippen molar-refractivity contribution in [2.75, 3.05) is 0 Å². The van der Waals surface area contributed by atoms with Gasteiger partial charge in [0.05, 0.1) is 0 Å². The van der Waals surface area contributed by atoms with E-state index in [0.29, 0.717) is 48.6 Å². The number of phenolic OH excluding ortho intramolecular Hbond substituents is 1. The number of hydrogen-bond donors (Lipinski definition) is 1. The second kappa shape index (κ2) is 42.5. The van der Waals surface area contributed by atoms with Crippen LogP contribution in [0.5, 0.6) is 17.2 Å². The Labute approximate surface area is 500 Å². The van der Waals surface area contributed by atoms with Gasteiger partial charge in [-0.3, -0.25) is 0 Å². The Bertz CT molecular complexity index is 2240. The second-order valence-corrected chi connectivity index (χ2v) is 24.1. The van der Waals surface area contributed by atoms with Crippen molar-refractivity contribution in [1.29, 1.82) is 0 Å². The molecule has 0 aromatic heterocycles. The summed E-state index contributed by atoms with van der Waals surface area (Å²) in [5.74, 6) is 10.6. The van der Waals surface area contributed by atoms with Crippen molar-refractivity contribution < 1.29 is 14.6 Å². The van der Waals surface area contributed by atoms with E-state index in [9.17, 15) is 0 Å². The van der Waals surface area contributed by atoms with E-state index in [4.69, 9.17) is 14.6 Å². The number of fused-ring (bicyclic) bond motifs is 5. The third-order valence-electron chi connectivity index (χ3n) is 14.9. The average molecular weight is 1110 g/mol. The summed E-state index contributed by atoms with van der Waals surface area (Å²) in [4.78, 5) is 0. The van der Waals surface area contributed by atoms with Crippen LogP contribution in [0.2, 0.25) is 0 Å². The van der Waals surface area contributed by atoms with Gasteiger partial charge in [-0.2, -0.15) is 0 Å². The molecule has 3 fully saturated rings. The quantitative estimate of drug-likeness (QED) is 0.125. The van der Waals surface area contributed by atoms with Crippen LogP contribution in [-0.2, 0) is 26.1 Å². The Balaban J connectivity index is 0.000000519. The molecule has 6 aromatic rings. The lowest BCUT2D eigenvalue weighted by Crippen LogP contribution is -2.15. The minimum atomic E-state index is 0.337. The van der Waals surface area contributed by atoms with Gasteiger partial charge in [0.2, 0.25) is 0 Å². The molecule has 81 heavy (non-hydrogen) atoms. The van der Waals surface area contributed by atoms with E-state index >= 15 is 0 Å². The summed E-state index contributed by atoms with van der Waals surface area (Å²) in [6.45, 7) is 46.2. The standard InChI is InChI=1S/C26H30O2.C12H18.C10H16.C10H14.C9H12O.C4H10.C3H8.2C2H6/c1-19(2)23-9-5-21(6-10-23)17-27-25-13-15-26(16-14-25)28-18-22-7-11-24(12-8-22)20(3)4;1-9(2)11-5-7-12(8-6-11)10(3)4;1-2-9-7-4-5-8(6-7)10(9)3-1;1-3-9-5-7-10(4-2)8-6-9;1-7(2)8-3-5-9(10)6-4-8;1-4(2)3;1-3-2;2*1-2/h5-16,19-20H,17-18H2,1-4H3;5-10H,1-4H3;7-10H,1-6H2;5-8H,3-4H2,1-2H3;3-7,10H,1-2H3;4H,1-3H3;3H2,1-2H3;2*1-2H3. The Morgan fingerprint density at radius 2 is 0.593 bits per heavy atom. The van der Waals surface area contributed by atoms with Crippen molar-refractivity contribution in [3.05, 3.63) is 196 Å². The van der Waals surface area contributed by atoms with Gasteiger partial charge in [0.15, 0.2) is 0 Å². The first-order valence-electron chi connectivity index (χ1n) is 32.3. The Morgan fingerprint density at radius 3 is 0.840 bits per heavy atom. The molecule has 0 amide bonds. The lowest BCUT2D eigenvalue weighted by Gasteiger charge is -2.23. The van der Waals surface area contributed by atoms with Crippen LogP contribution in [0.25, 0.3) is 0 Å². The first-order chi connectivity index (χ1) is 38.8. The molecule has 3 aliphatic carbocycles. The Morgan fingerprint density at radius 1 is 0.358 bits per heavy atom. The molecule has 9 rings (SSSR count). The summed E-state index contributed by atoms with van der Waals surface area (Å²) in [7, 11) is 0. The van der Waals surface area contributed by atoms with Gasteiger partial charge < -0.3 is 14.6 Å². The molecule has 6 aromatic carbocycles. The lowest BCUT2D eigenvalue weighted by molar-refractivity contribution is 0.259. The van der Waals surface area contributed by atoms with Gasteiger partial charge >= 0.3 is 0 Å². The van der Waals surface area contributed by atoms with E-state index in [0.717, 1.165) is 30.3 Å². The molecule has 2 bridgehead atoms. The number of phenols is 1. The van der Waals surface area contributed by atoms with E-state index in [1.54, 1.807) is 50.7 Å². The molecule has 0 radical (unpaired) electrons. The molecule has 4 unspecified atom stereocenters. The molecule has 3 nitrogen and oxygen atoms in total. The van der Waals surface area contributed by atoms with Crippen LogP contribution >= 0.6 is 0 Å². The molecule has 450 valence electrons. The number of hydrogen-bond acceptors (Lipinski definition) is 3. The van der Waals surface area contributed by atoms with Gasteiger partial charge in [0.25, 0.3) is 0 Å². The minimum Gasteiger partial charge on any atom is -0.508 e. The maximum atomic E-state index is 8.94. The average Bonchev–Trinajstić information content (AvgIpc) is 4.45. The van der Waals surface area contributed by atoms with Gasteiger partial charge in [-0.05, 0) is 191 Å². The van der Waals surface area contributed by atoms with Crippen LogP contribution in [-0.4, -0.2) is 5.11 Å². The highest BCUT2D eigenvalue weighted by Gasteiger charge is 2.48. The van der Waals surface area contributed by atoms with E-state index in [1.165, 1.54) is 80.2 Å². The van der Waals surface area contributed by atoms with Gasteiger partial charge in [0.1, 0.15) is 30.5 Å². The monoisotopic (exact) mass is 1100 g/mol. The molecule has 3 saturated carbocycles. The third-order valence-corrected chi connectivity index (χ3v) is 14.9. The van der Waals surface area contributed by atoms with Crippen molar-refractivity contribution in [2.45, 2.75) is 246 Å². The topological polar surface area (TPSA) is 38.7 Å². The van der Waals surface area contributed by atoms with Crippen LogP contribution in [0.3, 0.4) is 0 Å². The largest absolute Gasteiger partial charge is 0.508 e. The maximum Gasteiger partial charge on any atom is 0.120 e. The molecule has 0 spiro atoms. The first kappa shape index (κ1) is 73.7. The van der Waals surface area contributed by atoms with E-state index < -0.39 is 0 Å². The molecule has 1 N–H and O–H groups in total. The normalized spacial score (nSPS) is 15.9. The van der Waals surface area contributed by atoms with Gasteiger partial charge in [0, 0.05) is 0 Å². The zero-order valence-corrected chi connectivity index (χ0v) is 55.7. The van der Waals surface area contributed by atoms with Crippen molar-refractivity contribution >= 4 is 0 Å². The smallest absolute Gasteiger partial charge is 0.120 e. The SMILES string of the molecule is C1CC2C3CCC(C3)C2C1.CC.CC.CC(C)C.CC(C)c1ccc(C(C)C)cc1.CC(C)c1ccc(COc2ccc(OCc3ccc(C(C)C)cc3)cc2)cc1.CC(C)c1ccc(O)cc1.CCC.CCc1ccc(CC)cc1. The number of ether oxygens (including phenoxy) is 2. The lowest BCUT2D eigenvalue weighted by atomic mass is 9.82. The van der Waals surface area contributed by atoms with Crippen molar-refractivity contribution in [3.63, 3.8) is 0 Å². The summed E-state index contributed by atoms with van der Waals surface area (Å²) in [5, 5.41) is 8.94. The zero-order chi connectivity index (χ0) is 60.9. The number of benzene rings is 6. The maximum absolute atomic E-state index is 8.94. The first-order valence-corrected chi connectivity index (χ1v) is 32.3. The highest BCUT2D eigenvalue weighted by Crippen LogP contribution is 2.58. The number of aryl methyl sites for hydroxylation is 2. The molecule has 3 aliphatic rings. The second-order valence-electron chi connectivity index (χ2n) is 24.1. The van der Waals surface area contributed by atoms with Crippen LogP contribution < -0.4 is 9.47 Å². The van der Waals surface area contributed by atoms with Crippen LogP contribution in [0.1, 0.15) is 270 Å². The highest BCUT2D eigenvalue weighted by molar-refractivity contribution is 5.33. The van der Waals surface area contributed by atoms with Crippen molar-refractivity contribution in [3.8, 4) is 17.2 Å². The minimum absolute atomic E-state index is 0.337. The van der Waals surface area contributed by atoms with Gasteiger partial charge in [-0.1, -0.05) is 267 Å². The predicted octanol–water partition coefficient (Wildman–Crippen LogP) is 24.3. The molecule has 0 aliphatic heterocycles. The predicted molar refractivity (Wildman–Crippen MR) is 359 cm³/mol. The van der Waals surface area contributed by atoms with E-state index in [-0.39, 0.29) is 0 Å². The van der Waals surface area contributed by atoms with Crippen LogP contribution in [0.15, 0.2) is 146 Å². The van der Waals surface area contributed by atoms with E-state index in [1.807, 2.05) is 64.1 Å². The summed E-state index contributed by atoms with van der Waals surface area (Å²) in [6.07, 6.45) is 13.1. The fourth-order valence-electron chi connectivity index (χ4n) is 10.1. The number of rotatable bonds is 13. The summed E-state index contributed by atoms with van der Waals surface area (Å²) >= 11 is 0. The molecule has 3 heteroatoms. The van der Waals surface area contributed by atoms with Crippen LogP contribution in [0.4, 0.5) is 0 Å².